The fraction of sp³-hybridized carbons (Fsp3) is 0.500. The van der Waals surface area contributed by atoms with Crippen LogP contribution in [-0.2, 0) is 11.3 Å². The zero-order valence-corrected chi connectivity index (χ0v) is 20.8. The maximum atomic E-state index is 12.2. The first-order valence-electron chi connectivity index (χ1n) is 11.5. The fourth-order valence-corrected chi connectivity index (χ4v) is 3.15. The van der Waals surface area contributed by atoms with Gasteiger partial charge >= 0.3 is 12.0 Å². The van der Waals surface area contributed by atoms with Gasteiger partial charge in [0.2, 0.25) is 0 Å². The summed E-state index contributed by atoms with van der Waals surface area (Å²) >= 11 is 0. The molecule has 35 heavy (non-hydrogen) atoms. The molecule has 3 rings (SSSR count). The van der Waals surface area contributed by atoms with Crippen LogP contribution in [0.15, 0.2) is 24.3 Å². The zero-order valence-electron chi connectivity index (χ0n) is 20.8. The number of esters is 1. The number of anilines is 1. The maximum Gasteiger partial charge on any atom is 0.338 e. The lowest BCUT2D eigenvalue weighted by Crippen LogP contribution is -2.24. The molecule has 0 amide bonds. The monoisotopic (exact) mass is 487 g/mol. The Balaban J connectivity index is 1.68. The molecule has 0 fully saturated rings. The van der Waals surface area contributed by atoms with Gasteiger partial charge in [-0.3, -0.25) is 4.57 Å². The predicted octanol–water partition coefficient (Wildman–Crippen LogP) is 2.99. The minimum absolute atomic E-state index is 0.0188. The summed E-state index contributed by atoms with van der Waals surface area (Å²) in [6.07, 6.45) is 0.908. The highest BCUT2D eigenvalue weighted by molar-refractivity contribution is 5.89. The van der Waals surface area contributed by atoms with Crippen molar-refractivity contribution in [2.75, 3.05) is 26.1 Å². The summed E-state index contributed by atoms with van der Waals surface area (Å²) in [6, 6.07) is 6.89. The van der Waals surface area contributed by atoms with E-state index in [-0.39, 0.29) is 31.0 Å². The van der Waals surface area contributed by atoms with Gasteiger partial charge in [-0.15, -0.1) is 0 Å². The van der Waals surface area contributed by atoms with Crippen molar-refractivity contribution in [2.45, 2.75) is 58.8 Å². The number of ether oxygens (including phenoxy) is 4. The molecule has 1 atom stereocenters. The highest BCUT2D eigenvalue weighted by Crippen LogP contribution is 2.26. The smallest absolute Gasteiger partial charge is 0.338 e. The number of aliphatic hydroxyl groups is 1. The maximum absolute atomic E-state index is 12.2. The third kappa shape index (κ3) is 6.95. The quantitative estimate of drug-likeness (QED) is 0.306. The van der Waals surface area contributed by atoms with E-state index < -0.39 is 17.7 Å². The van der Waals surface area contributed by atoms with Crippen LogP contribution in [0.1, 0.15) is 50.9 Å². The van der Waals surface area contributed by atoms with Crippen LogP contribution in [0.3, 0.4) is 0 Å². The van der Waals surface area contributed by atoms with Gasteiger partial charge in [0.25, 0.3) is 6.01 Å². The molecule has 190 valence electrons. The minimum atomic E-state index is -0.924. The minimum Gasteiger partial charge on any atom is -0.491 e. The second-order valence-electron chi connectivity index (χ2n) is 8.97. The molecule has 11 heteroatoms. The number of carbonyl (C=O) groups is 1. The van der Waals surface area contributed by atoms with Crippen molar-refractivity contribution in [1.82, 2.24) is 19.5 Å². The molecule has 3 aromatic rings. The Morgan fingerprint density at radius 2 is 1.86 bits per heavy atom. The topological polar surface area (TPSA) is 144 Å². The van der Waals surface area contributed by atoms with Gasteiger partial charge < -0.3 is 29.8 Å². The molecule has 0 aliphatic rings. The molecule has 2 aromatic heterocycles. The van der Waals surface area contributed by atoms with Crippen molar-refractivity contribution in [3.8, 4) is 17.8 Å². The predicted molar refractivity (Wildman–Crippen MR) is 130 cm³/mol. The molecule has 0 bridgehead atoms. The fourth-order valence-electron chi connectivity index (χ4n) is 3.15. The van der Waals surface area contributed by atoms with Crippen LogP contribution in [0.25, 0.3) is 11.2 Å². The lowest BCUT2D eigenvalue weighted by Gasteiger charge is -2.19. The van der Waals surface area contributed by atoms with E-state index in [0.29, 0.717) is 29.1 Å². The number of fused-ring (bicyclic) bond motifs is 1. The van der Waals surface area contributed by atoms with Gasteiger partial charge in [0.15, 0.2) is 17.0 Å². The van der Waals surface area contributed by atoms with Crippen LogP contribution in [0.5, 0.6) is 17.8 Å². The highest BCUT2D eigenvalue weighted by atomic mass is 16.6. The van der Waals surface area contributed by atoms with Crippen LogP contribution >= 0.6 is 0 Å². The Bertz CT molecular complexity index is 1140. The number of benzene rings is 1. The van der Waals surface area contributed by atoms with Gasteiger partial charge in [0.1, 0.15) is 24.1 Å². The number of unbranched alkanes of at least 4 members (excludes halogenated alkanes) is 1. The zero-order chi connectivity index (χ0) is 25.6. The molecule has 1 aromatic carbocycles. The van der Waals surface area contributed by atoms with Gasteiger partial charge in [0.05, 0.1) is 25.8 Å². The van der Waals surface area contributed by atoms with Gasteiger partial charge in [-0.05, 0) is 51.5 Å². The molecular weight excluding hydrogens is 454 g/mol. The number of aromatic nitrogens is 4. The van der Waals surface area contributed by atoms with E-state index >= 15 is 0 Å². The second kappa shape index (κ2) is 11.2. The third-order valence-corrected chi connectivity index (χ3v) is 4.80. The summed E-state index contributed by atoms with van der Waals surface area (Å²) in [5.41, 5.74) is 6.63. The summed E-state index contributed by atoms with van der Waals surface area (Å²) in [4.78, 5) is 25.0. The Hall–Kier alpha value is -3.60. The van der Waals surface area contributed by atoms with Crippen LogP contribution in [0, 0.1) is 0 Å². The standard InChI is InChI=1S/C24H33N5O6/c1-6-7-12-33-22-27-19(25)18-20(28-22)29(23(26-18)32-5)13-16(30)14-34-17-10-8-15(9-11-17)21(31)35-24(2,3)4/h8-11,16,30H,6-7,12-14H2,1-5H3,(H2,25,27,28). The number of hydrogen-bond donors (Lipinski definition) is 2. The van der Waals surface area contributed by atoms with Crippen molar-refractivity contribution >= 4 is 23.0 Å². The van der Waals surface area contributed by atoms with Crippen molar-refractivity contribution in [3.63, 3.8) is 0 Å². The van der Waals surface area contributed by atoms with E-state index in [0.717, 1.165) is 12.8 Å². The number of nitrogen functional groups attached to an aromatic ring is 1. The lowest BCUT2D eigenvalue weighted by atomic mass is 10.1. The number of methoxy groups -OCH3 is 1. The number of nitrogens with two attached hydrogens (primary N) is 1. The summed E-state index contributed by atoms with van der Waals surface area (Å²) in [6.45, 7) is 8.01. The number of aliphatic hydroxyl groups excluding tert-OH is 1. The van der Waals surface area contributed by atoms with Crippen LogP contribution in [0.2, 0.25) is 0 Å². The van der Waals surface area contributed by atoms with Gasteiger partial charge in [0, 0.05) is 0 Å². The van der Waals surface area contributed by atoms with Gasteiger partial charge in [-0.2, -0.15) is 15.0 Å². The van der Waals surface area contributed by atoms with Crippen LogP contribution in [-0.4, -0.2) is 62.6 Å². The summed E-state index contributed by atoms with van der Waals surface area (Å²) in [7, 11) is 1.47. The molecule has 0 saturated carbocycles. The molecule has 0 saturated heterocycles. The summed E-state index contributed by atoms with van der Waals surface area (Å²) in [5.74, 6) is 0.244. The highest BCUT2D eigenvalue weighted by Gasteiger charge is 2.21. The second-order valence-corrected chi connectivity index (χ2v) is 8.97. The molecule has 2 heterocycles. The number of carbonyl (C=O) groups excluding carboxylic acids is 1. The Morgan fingerprint density at radius 3 is 2.49 bits per heavy atom. The van der Waals surface area contributed by atoms with Gasteiger partial charge in [-0.1, -0.05) is 13.3 Å². The molecule has 3 N–H and O–H groups in total. The van der Waals surface area contributed by atoms with E-state index in [2.05, 4.69) is 21.9 Å². The SMILES string of the molecule is CCCCOc1nc(N)c2nc(OC)n(CC(O)COc3ccc(C(=O)OC(C)(C)C)cc3)c2n1. The van der Waals surface area contributed by atoms with E-state index in [4.69, 9.17) is 24.7 Å². The summed E-state index contributed by atoms with van der Waals surface area (Å²) < 4.78 is 23.6. The normalized spacial score (nSPS) is 12.4. The number of rotatable bonds is 11. The van der Waals surface area contributed by atoms with Crippen molar-refractivity contribution in [3.05, 3.63) is 29.8 Å². The van der Waals surface area contributed by atoms with Crippen molar-refractivity contribution in [2.24, 2.45) is 0 Å². The Labute approximate surface area is 204 Å². The molecule has 0 aliphatic heterocycles. The molecule has 0 radical (unpaired) electrons. The molecular formula is C24H33N5O6. The summed E-state index contributed by atoms with van der Waals surface area (Å²) in [5, 5.41) is 10.6. The van der Waals surface area contributed by atoms with Crippen molar-refractivity contribution in [1.29, 1.82) is 0 Å². The van der Waals surface area contributed by atoms with Crippen molar-refractivity contribution < 1.29 is 28.8 Å². The van der Waals surface area contributed by atoms with E-state index in [1.54, 1.807) is 28.8 Å². The average molecular weight is 488 g/mol. The molecule has 11 nitrogen and oxygen atoms in total. The number of imidazole rings is 1. The Morgan fingerprint density at radius 1 is 1.14 bits per heavy atom. The molecule has 0 aliphatic carbocycles. The first kappa shape index (κ1) is 26.0. The number of nitrogens with zero attached hydrogens (tertiary/aromatic N) is 4. The van der Waals surface area contributed by atoms with Crippen LogP contribution in [0.4, 0.5) is 5.82 Å². The van der Waals surface area contributed by atoms with Gasteiger partial charge in [-0.25, -0.2) is 4.79 Å². The molecule has 1 unspecified atom stereocenters. The Kier molecular flexibility index (Phi) is 8.34. The van der Waals surface area contributed by atoms with E-state index in [9.17, 15) is 9.90 Å². The first-order valence-corrected chi connectivity index (χ1v) is 11.5. The largest absolute Gasteiger partial charge is 0.491 e. The lowest BCUT2D eigenvalue weighted by molar-refractivity contribution is 0.00693. The third-order valence-electron chi connectivity index (χ3n) is 4.80. The average Bonchev–Trinajstić information content (AvgIpc) is 3.15. The van der Waals surface area contributed by atoms with E-state index in [1.165, 1.54) is 7.11 Å². The number of hydrogen-bond acceptors (Lipinski definition) is 10. The molecule has 0 spiro atoms. The van der Waals surface area contributed by atoms with Crippen LogP contribution < -0.4 is 19.9 Å². The first-order chi connectivity index (χ1) is 16.6. The van der Waals surface area contributed by atoms with E-state index in [1.807, 2.05) is 20.8 Å².